The second kappa shape index (κ2) is 6.45. The monoisotopic (exact) mass is 365 g/mol. The zero-order chi connectivity index (χ0) is 14.8. The summed E-state index contributed by atoms with van der Waals surface area (Å²) in [5, 5.41) is 6.14. The highest BCUT2D eigenvalue weighted by Crippen LogP contribution is 2.37. The summed E-state index contributed by atoms with van der Waals surface area (Å²) in [5.74, 6) is 0. The fraction of sp³-hybridized carbons (Fsp3) is 0.429. The Hall–Kier alpha value is -0.590. The van der Waals surface area contributed by atoms with Crippen molar-refractivity contribution in [3.63, 3.8) is 0 Å². The summed E-state index contributed by atoms with van der Waals surface area (Å²) < 4.78 is 39.4. The lowest BCUT2D eigenvalue weighted by Crippen LogP contribution is -2.22. The molecular weight excluding hydrogens is 351 g/mol. The zero-order valence-corrected chi connectivity index (χ0v) is 13.3. The van der Waals surface area contributed by atoms with Crippen LogP contribution in [0, 0.1) is 0 Å². The zero-order valence-electron chi connectivity index (χ0n) is 10.9. The van der Waals surface area contributed by atoms with Crippen LogP contribution >= 0.6 is 27.3 Å². The maximum Gasteiger partial charge on any atom is 0.389 e. The van der Waals surface area contributed by atoms with Crippen LogP contribution in [0.1, 0.15) is 31.4 Å². The van der Waals surface area contributed by atoms with Crippen molar-refractivity contribution in [2.24, 2.45) is 0 Å². The van der Waals surface area contributed by atoms with Gasteiger partial charge in [0, 0.05) is 21.6 Å². The van der Waals surface area contributed by atoms with E-state index in [1.54, 1.807) is 11.3 Å². The maximum atomic E-state index is 12.4. The molecular formula is C14H15BrF3NS. The maximum absolute atomic E-state index is 12.4. The molecule has 0 saturated heterocycles. The Labute approximate surface area is 128 Å². The molecule has 2 aromatic rings. The number of rotatable bonds is 5. The third-order valence-electron chi connectivity index (χ3n) is 3.12. The Morgan fingerprint density at radius 2 is 2.10 bits per heavy atom. The van der Waals surface area contributed by atoms with Gasteiger partial charge in [-0.05, 0) is 51.3 Å². The minimum atomic E-state index is -4.11. The van der Waals surface area contributed by atoms with Crippen molar-refractivity contribution in [2.75, 3.05) is 6.54 Å². The molecule has 1 nitrogen and oxygen atoms in total. The van der Waals surface area contributed by atoms with Crippen molar-refractivity contribution in [3.8, 4) is 0 Å². The highest BCUT2D eigenvalue weighted by molar-refractivity contribution is 9.10. The Bertz CT molecular complexity index is 579. The second-order valence-corrected chi connectivity index (χ2v) is 6.31. The topological polar surface area (TPSA) is 12.0 Å². The summed E-state index contributed by atoms with van der Waals surface area (Å²) in [6, 6.07) is 5.56. The fourth-order valence-corrected chi connectivity index (χ4v) is 3.91. The first kappa shape index (κ1) is 15.8. The van der Waals surface area contributed by atoms with Gasteiger partial charge in [-0.15, -0.1) is 11.3 Å². The van der Waals surface area contributed by atoms with Gasteiger partial charge in [0.05, 0.1) is 0 Å². The molecule has 0 bridgehead atoms. The van der Waals surface area contributed by atoms with Crippen LogP contribution in [-0.2, 0) is 0 Å². The molecule has 1 atom stereocenters. The van der Waals surface area contributed by atoms with Gasteiger partial charge in [-0.2, -0.15) is 13.2 Å². The second-order valence-electron chi connectivity index (χ2n) is 4.57. The molecule has 1 aromatic carbocycles. The van der Waals surface area contributed by atoms with Crippen LogP contribution < -0.4 is 5.32 Å². The van der Waals surface area contributed by atoms with E-state index in [9.17, 15) is 13.2 Å². The van der Waals surface area contributed by atoms with Crippen LogP contribution in [0.3, 0.4) is 0 Å². The molecule has 1 unspecified atom stereocenters. The minimum Gasteiger partial charge on any atom is -0.310 e. The van der Waals surface area contributed by atoms with Gasteiger partial charge < -0.3 is 5.32 Å². The molecule has 20 heavy (non-hydrogen) atoms. The third-order valence-corrected chi connectivity index (χ3v) is 5.09. The van der Waals surface area contributed by atoms with E-state index in [-0.39, 0.29) is 12.5 Å². The van der Waals surface area contributed by atoms with E-state index in [1.807, 2.05) is 30.5 Å². The van der Waals surface area contributed by atoms with Crippen molar-refractivity contribution >= 4 is 37.4 Å². The third kappa shape index (κ3) is 3.74. The number of alkyl halides is 3. The molecule has 0 fully saturated rings. The highest BCUT2D eigenvalue weighted by atomic mass is 79.9. The van der Waals surface area contributed by atoms with Gasteiger partial charge in [0.1, 0.15) is 0 Å². The van der Waals surface area contributed by atoms with Crippen molar-refractivity contribution in [3.05, 3.63) is 33.6 Å². The van der Waals surface area contributed by atoms with Crippen molar-refractivity contribution in [1.82, 2.24) is 5.32 Å². The molecule has 0 amide bonds. The molecule has 1 N–H and O–H groups in total. The smallest absolute Gasteiger partial charge is 0.310 e. The molecule has 1 heterocycles. The number of thiophene rings is 1. The Balaban J connectivity index is 2.29. The largest absolute Gasteiger partial charge is 0.389 e. The number of nitrogens with one attached hydrogen (secondary N) is 1. The SMILES string of the molecule is CCNC(CCC(F)(F)F)c1csc2c(Br)cccc12. The molecule has 0 saturated carbocycles. The lowest BCUT2D eigenvalue weighted by molar-refractivity contribution is -0.136. The average Bonchev–Trinajstić information content (AvgIpc) is 2.79. The normalized spacial score (nSPS) is 13.8. The van der Waals surface area contributed by atoms with Gasteiger partial charge in [0.15, 0.2) is 0 Å². The van der Waals surface area contributed by atoms with E-state index in [0.29, 0.717) is 6.54 Å². The van der Waals surface area contributed by atoms with Crippen LogP contribution in [0.15, 0.2) is 28.1 Å². The first-order valence-electron chi connectivity index (χ1n) is 6.38. The number of hydrogen-bond donors (Lipinski definition) is 1. The molecule has 110 valence electrons. The van der Waals surface area contributed by atoms with Gasteiger partial charge in [-0.1, -0.05) is 19.1 Å². The van der Waals surface area contributed by atoms with E-state index >= 15 is 0 Å². The van der Waals surface area contributed by atoms with Crippen LogP contribution in [0.5, 0.6) is 0 Å². The van der Waals surface area contributed by atoms with Gasteiger partial charge >= 0.3 is 6.18 Å². The Kier molecular flexibility index (Phi) is 5.09. The Morgan fingerprint density at radius 1 is 1.35 bits per heavy atom. The molecule has 6 heteroatoms. The van der Waals surface area contributed by atoms with Crippen LogP contribution in [-0.4, -0.2) is 12.7 Å². The Morgan fingerprint density at radius 3 is 2.75 bits per heavy atom. The van der Waals surface area contributed by atoms with Gasteiger partial charge in [-0.25, -0.2) is 0 Å². The van der Waals surface area contributed by atoms with E-state index < -0.39 is 12.6 Å². The van der Waals surface area contributed by atoms with E-state index in [0.717, 1.165) is 20.1 Å². The van der Waals surface area contributed by atoms with Crippen LogP contribution in [0.25, 0.3) is 10.1 Å². The first-order valence-corrected chi connectivity index (χ1v) is 8.05. The summed E-state index contributed by atoms with van der Waals surface area (Å²) in [5.41, 5.74) is 0.956. The molecule has 0 spiro atoms. The van der Waals surface area contributed by atoms with Gasteiger partial charge in [0.25, 0.3) is 0 Å². The summed E-state index contributed by atoms with van der Waals surface area (Å²) in [6.45, 7) is 2.55. The van der Waals surface area contributed by atoms with Gasteiger partial charge in [-0.3, -0.25) is 0 Å². The number of hydrogen-bond acceptors (Lipinski definition) is 2. The molecule has 0 radical (unpaired) electrons. The lowest BCUT2D eigenvalue weighted by Gasteiger charge is -2.18. The lowest BCUT2D eigenvalue weighted by atomic mass is 10.0. The molecule has 1 aromatic heterocycles. The number of benzene rings is 1. The van der Waals surface area contributed by atoms with Crippen LogP contribution in [0.4, 0.5) is 13.2 Å². The van der Waals surface area contributed by atoms with Crippen molar-refractivity contribution < 1.29 is 13.2 Å². The summed E-state index contributed by atoms with van der Waals surface area (Å²) in [7, 11) is 0. The highest BCUT2D eigenvalue weighted by Gasteiger charge is 2.29. The summed E-state index contributed by atoms with van der Waals surface area (Å²) >= 11 is 5.04. The van der Waals surface area contributed by atoms with E-state index in [4.69, 9.17) is 0 Å². The molecule has 0 aliphatic rings. The predicted molar refractivity (Wildman–Crippen MR) is 81.2 cm³/mol. The van der Waals surface area contributed by atoms with Gasteiger partial charge in [0.2, 0.25) is 0 Å². The quantitative estimate of drug-likeness (QED) is 0.720. The van der Waals surface area contributed by atoms with E-state index in [2.05, 4.69) is 21.2 Å². The van der Waals surface area contributed by atoms with Crippen molar-refractivity contribution in [2.45, 2.75) is 32.0 Å². The summed E-state index contributed by atoms with van der Waals surface area (Å²) in [4.78, 5) is 0. The molecule has 0 aliphatic heterocycles. The minimum absolute atomic E-state index is 0.0652. The van der Waals surface area contributed by atoms with Crippen molar-refractivity contribution in [1.29, 1.82) is 0 Å². The fourth-order valence-electron chi connectivity index (χ4n) is 2.23. The number of halogens is 4. The van der Waals surface area contributed by atoms with E-state index in [1.165, 1.54) is 0 Å². The molecule has 0 aliphatic carbocycles. The summed E-state index contributed by atoms with van der Waals surface area (Å²) in [6.07, 6.45) is -4.81. The first-order chi connectivity index (χ1) is 9.42. The molecule has 2 rings (SSSR count). The predicted octanol–water partition coefficient (Wildman–Crippen LogP) is 5.66. The van der Waals surface area contributed by atoms with Crippen LogP contribution in [0.2, 0.25) is 0 Å². The average molecular weight is 366 g/mol. The standard InChI is InChI=1S/C14H15BrF3NS/c1-2-19-12(6-7-14(16,17)18)10-8-20-13-9(10)4-3-5-11(13)15/h3-5,8,12,19H,2,6-7H2,1H3. The number of fused-ring (bicyclic) bond motifs is 1.